The zero-order valence-electron chi connectivity index (χ0n) is 11.2. The first-order chi connectivity index (χ1) is 9.45. The second-order valence-electron chi connectivity index (χ2n) is 4.59. The summed E-state index contributed by atoms with van der Waals surface area (Å²) in [5.41, 5.74) is 7.08. The van der Waals surface area contributed by atoms with Gasteiger partial charge in [0.05, 0.1) is 12.3 Å². The Hall–Kier alpha value is -1.08. The molecule has 110 valence electrons. The molecule has 0 aliphatic carbocycles. The molecule has 1 aromatic rings. The van der Waals surface area contributed by atoms with Gasteiger partial charge in [-0.25, -0.2) is 8.42 Å². The monoisotopic (exact) mass is 316 g/mol. The van der Waals surface area contributed by atoms with Crippen molar-refractivity contribution in [2.24, 2.45) is 0 Å². The molecule has 0 amide bonds. The van der Waals surface area contributed by atoms with Gasteiger partial charge in [-0.3, -0.25) is 0 Å². The van der Waals surface area contributed by atoms with Crippen LogP contribution in [-0.4, -0.2) is 39.5 Å². The standard InChI is InChI=1S/C13H17ClN2O3S/c1-19-9-10-4-6-16(7-5-10)20(17,18)13-8-11(14)2-3-12(13)15/h2-4,8H,5-7,9,15H2,1H3. The van der Waals surface area contributed by atoms with Crippen LogP contribution in [0.5, 0.6) is 0 Å². The second kappa shape index (κ2) is 6.13. The van der Waals surface area contributed by atoms with Gasteiger partial charge in [-0.05, 0) is 30.2 Å². The lowest BCUT2D eigenvalue weighted by molar-refractivity contribution is 0.219. The van der Waals surface area contributed by atoms with E-state index in [9.17, 15) is 8.42 Å². The first kappa shape index (κ1) is 15.3. The van der Waals surface area contributed by atoms with Gasteiger partial charge in [0.2, 0.25) is 10.0 Å². The van der Waals surface area contributed by atoms with Crippen molar-refractivity contribution in [2.45, 2.75) is 11.3 Å². The van der Waals surface area contributed by atoms with E-state index >= 15 is 0 Å². The molecule has 5 nitrogen and oxygen atoms in total. The second-order valence-corrected chi connectivity index (χ2v) is 6.93. The van der Waals surface area contributed by atoms with Crippen LogP contribution < -0.4 is 5.73 Å². The molecule has 0 unspecified atom stereocenters. The molecule has 1 aliphatic heterocycles. The molecule has 20 heavy (non-hydrogen) atoms. The van der Waals surface area contributed by atoms with Crippen molar-refractivity contribution in [2.75, 3.05) is 32.5 Å². The molecular weight excluding hydrogens is 300 g/mol. The normalized spacial score (nSPS) is 17.0. The molecule has 0 spiro atoms. The number of sulfonamides is 1. The minimum atomic E-state index is -3.62. The molecule has 2 rings (SSSR count). The van der Waals surface area contributed by atoms with Crippen molar-refractivity contribution >= 4 is 27.3 Å². The van der Waals surface area contributed by atoms with Gasteiger partial charge >= 0.3 is 0 Å². The topological polar surface area (TPSA) is 72.6 Å². The molecule has 0 fully saturated rings. The summed E-state index contributed by atoms with van der Waals surface area (Å²) in [6.07, 6.45) is 2.54. The Bertz CT molecular complexity index is 629. The predicted octanol–water partition coefficient (Wildman–Crippen LogP) is 1.89. The highest BCUT2D eigenvalue weighted by Crippen LogP contribution is 2.27. The first-order valence-corrected chi connectivity index (χ1v) is 7.99. The number of anilines is 1. The van der Waals surface area contributed by atoms with Gasteiger partial charge in [-0.2, -0.15) is 4.31 Å². The molecular formula is C13H17ClN2O3S. The SMILES string of the molecule is COCC1=CCN(S(=O)(=O)c2cc(Cl)ccc2N)CC1. The van der Waals surface area contributed by atoms with Crippen molar-refractivity contribution in [1.29, 1.82) is 0 Å². The number of nitrogens with two attached hydrogens (primary N) is 1. The molecule has 7 heteroatoms. The maximum absolute atomic E-state index is 12.6. The highest BCUT2D eigenvalue weighted by Gasteiger charge is 2.28. The summed E-state index contributed by atoms with van der Waals surface area (Å²) in [6, 6.07) is 4.47. The van der Waals surface area contributed by atoms with E-state index in [1.807, 2.05) is 6.08 Å². The van der Waals surface area contributed by atoms with E-state index in [0.29, 0.717) is 31.1 Å². The van der Waals surface area contributed by atoms with Crippen LogP contribution in [0.1, 0.15) is 6.42 Å². The van der Waals surface area contributed by atoms with E-state index in [-0.39, 0.29) is 10.6 Å². The van der Waals surface area contributed by atoms with E-state index in [1.165, 1.54) is 16.4 Å². The Labute approximate surface area is 124 Å². The minimum absolute atomic E-state index is 0.0635. The fourth-order valence-corrected chi connectivity index (χ4v) is 3.86. The van der Waals surface area contributed by atoms with E-state index < -0.39 is 10.0 Å². The summed E-state index contributed by atoms with van der Waals surface area (Å²) in [5.74, 6) is 0. The van der Waals surface area contributed by atoms with Crippen LogP contribution in [0.3, 0.4) is 0 Å². The van der Waals surface area contributed by atoms with Gasteiger partial charge in [-0.15, -0.1) is 0 Å². The van der Waals surface area contributed by atoms with Crippen molar-refractivity contribution in [1.82, 2.24) is 4.31 Å². The van der Waals surface area contributed by atoms with Crippen molar-refractivity contribution in [3.63, 3.8) is 0 Å². The first-order valence-electron chi connectivity index (χ1n) is 6.17. The van der Waals surface area contributed by atoms with Gasteiger partial charge in [0.25, 0.3) is 0 Å². The minimum Gasteiger partial charge on any atom is -0.398 e. The number of hydrogen-bond acceptors (Lipinski definition) is 4. The van der Waals surface area contributed by atoms with Crippen LogP contribution in [0.15, 0.2) is 34.7 Å². The van der Waals surface area contributed by atoms with Crippen LogP contribution in [0, 0.1) is 0 Å². The van der Waals surface area contributed by atoms with Gasteiger partial charge in [0, 0.05) is 25.2 Å². The number of benzene rings is 1. The van der Waals surface area contributed by atoms with Crippen molar-refractivity contribution in [3.8, 4) is 0 Å². The molecule has 0 bridgehead atoms. The molecule has 0 atom stereocenters. The zero-order chi connectivity index (χ0) is 14.8. The number of methoxy groups -OCH3 is 1. The van der Waals surface area contributed by atoms with Crippen molar-refractivity contribution < 1.29 is 13.2 Å². The Morgan fingerprint density at radius 2 is 2.20 bits per heavy atom. The van der Waals surface area contributed by atoms with E-state index in [2.05, 4.69) is 0 Å². The lowest BCUT2D eigenvalue weighted by Gasteiger charge is -2.26. The molecule has 1 aromatic carbocycles. The maximum atomic E-state index is 12.6. The van der Waals surface area contributed by atoms with Gasteiger partial charge < -0.3 is 10.5 Å². The quantitative estimate of drug-likeness (QED) is 0.680. The highest BCUT2D eigenvalue weighted by molar-refractivity contribution is 7.89. The lowest BCUT2D eigenvalue weighted by Crippen LogP contribution is -2.35. The number of hydrogen-bond donors (Lipinski definition) is 1. The van der Waals surface area contributed by atoms with E-state index in [1.54, 1.807) is 13.2 Å². The summed E-state index contributed by atoms with van der Waals surface area (Å²) < 4.78 is 31.5. The average molecular weight is 317 g/mol. The number of nitrogen functional groups attached to an aromatic ring is 1. The molecule has 1 heterocycles. The molecule has 0 radical (unpaired) electrons. The lowest BCUT2D eigenvalue weighted by atomic mass is 10.1. The fraction of sp³-hybridized carbons (Fsp3) is 0.385. The third-order valence-electron chi connectivity index (χ3n) is 3.19. The summed E-state index contributed by atoms with van der Waals surface area (Å²) in [5, 5.41) is 0.352. The Kier molecular flexibility index (Phi) is 4.70. The summed E-state index contributed by atoms with van der Waals surface area (Å²) in [4.78, 5) is 0.0635. The number of rotatable bonds is 4. The Balaban J connectivity index is 2.26. The highest BCUT2D eigenvalue weighted by atomic mass is 35.5. The third kappa shape index (κ3) is 3.15. The van der Waals surface area contributed by atoms with Crippen molar-refractivity contribution in [3.05, 3.63) is 34.9 Å². The van der Waals surface area contributed by atoms with Crippen LogP contribution in [0.25, 0.3) is 0 Å². The van der Waals surface area contributed by atoms with Gasteiger partial charge in [-0.1, -0.05) is 17.7 Å². The molecule has 2 N–H and O–H groups in total. The van der Waals surface area contributed by atoms with E-state index in [0.717, 1.165) is 5.57 Å². The molecule has 0 aromatic heterocycles. The van der Waals surface area contributed by atoms with Crippen LogP contribution >= 0.6 is 11.6 Å². The molecule has 1 aliphatic rings. The van der Waals surface area contributed by atoms with Crippen LogP contribution in [0.2, 0.25) is 5.02 Å². The summed E-state index contributed by atoms with van der Waals surface area (Å²) in [7, 11) is -1.99. The number of halogens is 1. The van der Waals surface area contributed by atoms with Crippen LogP contribution in [0.4, 0.5) is 5.69 Å². The average Bonchev–Trinajstić information content (AvgIpc) is 2.42. The largest absolute Gasteiger partial charge is 0.398 e. The molecule has 0 saturated heterocycles. The number of ether oxygens (including phenoxy) is 1. The van der Waals surface area contributed by atoms with E-state index in [4.69, 9.17) is 22.1 Å². The van der Waals surface area contributed by atoms with Gasteiger partial charge in [0.15, 0.2) is 0 Å². The fourth-order valence-electron chi connectivity index (χ4n) is 2.10. The summed E-state index contributed by atoms with van der Waals surface area (Å²) >= 11 is 5.86. The van der Waals surface area contributed by atoms with Crippen LogP contribution in [-0.2, 0) is 14.8 Å². The molecule has 0 saturated carbocycles. The Morgan fingerprint density at radius 1 is 1.45 bits per heavy atom. The predicted molar refractivity (Wildman–Crippen MR) is 79.2 cm³/mol. The zero-order valence-corrected chi connectivity index (χ0v) is 12.7. The maximum Gasteiger partial charge on any atom is 0.245 e. The number of nitrogens with zero attached hydrogens (tertiary/aromatic N) is 1. The Morgan fingerprint density at radius 3 is 2.80 bits per heavy atom. The third-order valence-corrected chi connectivity index (χ3v) is 5.35. The summed E-state index contributed by atoms with van der Waals surface area (Å²) in [6.45, 7) is 1.28. The van der Waals surface area contributed by atoms with Gasteiger partial charge in [0.1, 0.15) is 4.90 Å². The smallest absolute Gasteiger partial charge is 0.245 e.